The molecule has 4 N–H and O–H groups in total. The Labute approximate surface area is 159 Å². The highest BCUT2D eigenvalue weighted by Gasteiger charge is 2.49. The molecule has 0 amide bonds. The monoisotopic (exact) mass is 403 g/mol. The van der Waals surface area contributed by atoms with Crippen LogP contribution in [0, 0.1) is 0 Å². The first-order valence-electron chi connectivity index (χ1n) is 8.91. The summed E-state index contributed by atoms with van der Waals surface area (Å²) in [7, 11) is 0. The number of anilines is 1. The Morgan fingerprint density at radius 2 is 2.11 bits per heavy atom. The molecule has 2 aromatic heterocycles. The van der Waals surface area contributed by atoms with E-state index >= 15 is 0 Å². The Hall–Kier alpha value is -1.75. The number of rotatable bonds is 6. The Morgan fingerprint density at radius 3 is 2.74 bits per heavy atom. The van der Waals surface area contributed by atoms with Crippen LogP contribution in [-0.2, 0) is 11.3 Å². The van der Waals surface area contributed by atoms with E-state index in [2.05, 4.69) is 9.97 Å². The van der Waals surface area contributed by atoms with E-state index in [9.17, 15) is 19.4 Å². The number of imidazole rings is 1. The van der Waals surface area contributed by atoms with Gasteiger partial charge in [0.15, 0.2) is 23.2 Å². The Kier molecular flexibility index (Phi) is 5.71. The van der Waals surface area contributed by atoms with Gasteiger partial charge in [-0.2, -0.15) is 9.97 Å². The number of aromatic nitrogens is 4. The number of fused-ring (bicyclic) bond motifs is 1. The highest BCUT2D eigenvalue weighted by molar-refractivity contribution is 6.33. The molecule has 3 heterocycles. The first-order valence-corrected chi connectivity index (χ1v) is 9.28. The second-order valence-electron chi connectivity index (χ2n) is 6.60. The van der Waals surface area contributed by atoms with Gasteiger partial charge in [-0.3, -0.25) is 4.57 Å². The number of alkyl halides is 1. The maximum absolute atomic E-state index is 14.5. The summed E-state index contributed by atoms with van der Waals surface area (Å²) in [6, 6.07) is 0. The van der Waals surface area contributed by atoms with Crippen molar-refractivity contribution in [3.63, 3.8) is 0 Å². The number of aryl methyl sites for hydroxylation is 1. The van der Waals surface area contributed by atoms with E-state index in [1.165, 1.54) is 4.57 Å². The Balaban J connectivity index is 2.17. The average Bonchev–Trinajstić information content (AvgIpc) is 3.07. The van der Waals surface area contributed by atoms with E-state index < -0.39 is 36.4 Å². The van der Waals surface area contributed by atoms with Gasteiger partial charge in [0.1, 0.15) is 17.7 Å². The summed E-state index contributed by atoms with van der Waals surface area (Å²) in [4.78, 5) is 21.0. The molecule has 2 aromatic rings. The van der Waals surface area contributed by atoms with Crippen LogP contribution >= 0.6 is 11.6 Å². The summed E-state index contributed by atoms with van der Waals surface area (Å²) in [6.07, 6.45) is -5.51. The largest absolute Gasteiger partial charge is 0.390 e. The summed E-state index contributed by atoms with van der Waals surface area (Å²) < 4.78 is 22.5. The molecule has 3 rings (SSSR count). The van der Waals surface area contributed by atoms with Gasteiger partial charge in [-0.1, -0.05) is 31.9 Å². The second-order valence-corrected chi connectivity index (χ2v) is 6.96. The number of unbranched alkanes of at least 4 members (excludes halogenated alkanes) is 1. The lowest BCUT2D eigenvalue weighted by atomic mass is 10.1. The molecule has 11 heteroatoms. The van der Waals surface area contributed by atoms with Crippen LogP contribution in [0.4, 0.5) is 10.3 Å². The zero-order valence-electron chi connectivity index (χ0n) is 15.0. The van der Waals surface area contributed by atoms with Crippen molar-refractivity contribution in [1.82, 2.24) is 19.1 Å². The molecule has 5 atom stereocenters. The van der Waals surface area contributed by atoms with E-state index in [4.69, 9.17) is 22.1 Å². The normalized spacial score (nSPS) is 26.7. The number of aliphatic hydroxyl groups is 2. The number of ether oxygens (including phenoxy) is 1. The van der Waals surface area contributed by atoms with Crippen LogP contribution in [0.25, 0.3) is 11.2 Å². The number of nitrogens with two attached hydrogens (primary N) is 1. The first kappa shape index (κ1) is 20.0. The van der Waals surface area contributed by atoms with E-state index in [1.54, 1.807) is 6.92 Å². The Bertz CT molecular complexity index is 888. The maximum atomic E-state index is 14.5. The van der Waals surface area contributed by atoms with Crippen LogP contribution in [0.3, 0.4) is 0 Å². The van der Waals surface area contributed by atoms with E-state index in [-0.39, 0.29) is 28.7 Å². The van der Waals surface area contributed by atoms with Gasteiger partial charge in [0, 0.05) is 6.54 Å². The van der Waals surface area contributed by atoms with Crippen molar-refractivity contribution in [1.29, 1.82) is 0 Å². The fraction of sp³-hybridized carbons (Fsp3) is 0.688. The van der Waals surface area contributed by atoms with Gasteiger partial charge in [-0.05, 0) is 12.8 Å². The molecule has 1 saturated heterocycles. The minimum Gasteiger partial charge on any atom is -0.390 e. The van der Waals surface area contributed by atoms with Gasteiger partial charge in [-0.15, -0.1) is 0 Å². The first-order chi connectivity index (χ1) is 12.8. The number of aliphatic hydroxyl groups excluding tert-OH is 2. The molecule has 0 bridgehead atoms. The zero-order valence-corrected chi connectivity index (χ0v) is 15.8. The predicted octanol–water partition coefficient (Wildman–Crippen LogP) is 0.996. The third-order valence-electron chi connectivity index (χ3n) is 4.79. The smallest absolute Gasteiger partial charge is 0.332 e. The van der Waals surface area contributed by atoms with Crippen LogP contribution in [0.15, 0.2) is 4.79 Å². The van der Waals surface area contributed by atoms with Crippen molar-refractivity contribution < 1.29 is 19.3 Å². The molecule has 0 radical (unpaired) electrons. The number of nitrogen functional groups attached to an aromatic ring is 1. The van der Waals surface area contributed by atoms with Crippen molar-refractivity contribution in [2.75, 3.05) is 5.73 Å². The quantitative estimate of drug-likeness (QED) is 0.613. The van der Waals surface area contributed by atoms with Gasteiger partial charge in [0.25, 0.3) is 0 Å². The molecule has 9 nitrogen and oxygen atoms in total. The van der Waals surface area contributed by atoms with E-state index in [0.29, 0.717) is 13.0 Å². The molecule has 27 heavy (non-hydrogen) atoms. The van der Waals surface area contributed by atoms with Gasteiger partial charge >= 0.3 is 5.69 Å². The molecule has 1 unspecified atom stereocenters. The lowest BCUT2D eigenvalue weighted by molar-refractivity contribution is -0.0799. The van der Waals surface area contributed by atoms with Gasteiger partial charge in [0.2, 0.25) is 5.95 Å². The van der Waals surface area contributed by atoms with E-state index in [0.717, 1.165) is 11.0 Å². The molecule has 1 fully saturated rings. The number of hydrogen-bond acceptors (Lipinski definition) is 7. The van der Waals surface area contributed by atoms with Crippen molar-refractivity contribution in [3.05, 3.63) is 15.6 Å². The van der Waals surface area contributed by atoms with Crippen LogP contribution in [0.5, 0.6) is 0 Å². The van der Waals surface area contributed by atoms with Crippen molar-refractivity contribution in [2.45, 2.75) is 70.4 Å². The highest BCUT2D eigenvalue weighted by Crippen LogP contribution is 2.35. The van der Waals surface area contributed by atoms with Crippen LogP contribution < -0.4 is 11.4 Å². The maximum Gasteiger partial charge on any atom is 0.332 e. The van der Waals surface area contributed by atoms with Gasteiger partial charge in [-0.25, -0.2) is 13.8 Å². The van der Waals surface area contributed by atoms with Gasteiger partial charge in [0.05, 0.1) is 6.10 Å². The second kappa shape index (κ2) is 7.70. The summed E-state index contributed by atoms with van der Waals surface area (Å²) in [5.41, 5.74) is 5.39. The zero-order chi connectivity index (χ0) is 19.9. The molecule has 1 aliphatic heterocycles. The molecule has 0 spiro atoms. The fourth-order valence-electron chi connectivity index (χ4n) is 3.32. The molecular weight excluding hydrogens is 381 g/mol. The number of hydrogen-bond donors (Lipinski definition) is 3. The highest BCUT2D eigenvalue weighted by atomic mass is 35.5. The van der Waals surface area contributed by atoms with Crippen molar-refractivity contribution >= 4 is 28.7 Å². The van der Waals surface area contributed by atoms with Crippen LogP contribution in [0.1, 0.15) is 39.3 Å². The molecule has 1 aliphatic rings. The molecule has 150 valence electrons. The average molecular weight is 404 g/mol. The third-order valence-corrected chi connectivity index (χ3v) is 5.06. The molecular formula is C16H23ClFN5O4. The number of halogens is 2. The Morgan fingerprint density at radius 1 is 1.41 bits per heavy atom. The fourth-order valence-corrected chi connectivity index (χ4v) is 3.59. The van der Waals surface area contributed by atoms with E-state index in [1.807, 2.05) is 6.92 Å². The minimum absolute atomic E-state index is 0.0149. The van der Waals surface area contributed by atoms with Crippen LogP contribution in [-0.4, -0.2) is 53.8 Å². The number of nitrogens with zero attached hydrogens (tertiary/aromatic N) is 4. The molecule has 0 aromatic carbocycles. The third kappa shape index (κ3) is 3.31. The summed E-state index contributed by atoms with van der Waals surface area (Å²) in [6.45, 7) is 3.97. The van der Waals surface area contributed by atoms with Crippen molar-refractivity contribution in [2.24, 2.45) is 0 Å². The lowest BCUT2D eigenvalue weighted by Crippen LogP contribution is -2.36. The lowest BCUT2D eigenvalue weighted by Gasteiger charge is -2.18. The van der Waals surface area contributed by atoms with Crippen LogP contribution in [0.2, 0.25) is 5.15 Å². The standard InChI is InChI=1S/C16H23ClFN5O4/c1-3-5-6-22-9-12(17)20-15(19)21-13(9)23(16(22)26)14-10(25)8(18)11(27-14)7(24)4-2/h7-8,10-11,14,24-25H,3-6H2,1-2H3,(H2,19,20,21)/t7?,8-,10-,11-,14-/m1/s1. The van der Waals surface area contributed by atoms with Gasteiger partial charge < -0.3 is 20.7 Å². The summed E-state index contributed by atoms with van der Waals surface area (Å²) >= 11 is 6.18. The minimum atomic E-state index is -1.86. The molecule has 0 aliphatic carbocycles. The predicted molar refractivity (Wildman–Crippen MR) is 97.2 cm³/mol. The SMILES string of the molecule is CCCCn1c(=O)n([C@@H]2O[C@H](C(O)CC)[C@H](F)[C@H]2O)c2nc(N)nc(Cl)c21. The topological polar surface area (TPSA) is 128 Å². The van der Waals surface area contributed by atoms with Crippen molar-refractivity contribution in [3.8, 4) is 0 Å². The molecule has 0 saturated carbocycles. The summed E-state index contributed by atoms with van der Waals surface area (Å²) in [5, 5.41) is 20.3. The summed E-state index contributed by atoms with van der Waals surface area (Å²) in [5.74, 6) is -0.164.